The number of aromatic nitrogens is 1. The molecule has 0 unspecified atom stereocenters. The van der Waals surface area contributed by atoms with E-state index in [4.69, 9.17) is 0 Å². The maximum absolute atomic E-state index is 12.4. The minimum atomic E-state index is -0.454. The molecule has 4 aromatic rings. The van der Waals surface area contributed by atoms with Crippen molar-refractivity contribution in [2.24, 2.45) is 5.10 Å². The van der Waals surface area contributed by atoms with Gasteiger partial charge in [-0.25, -0.2) is 5.43 Å². The number of thiophene rings is 1. The first-order valence-corrected chi connectivity index (χ1v) is 9.59. The van der Waals surface area contributed by atoms with Crippen molar-refractivity contribution in [3.05, 3.63) is 93.1 Å². The Labute approximate surface area is 170 Å². The zero-order chi connectivity index (χ0) is 20.4. The fourth-order valence-corrected chi connectivity index (χ4v) is 3.84. The number of nitro groups is 1. The van der Waals surface area contributed by atoms with Crippen molar-refractivity contribution in [1.29, 1.82) is 0 Å². The highest BCUT2D eigenvalue weighted by molar-refractivity contribution is 7.20. The first kappa shape index (κ1) is 18.6. The van der Waals surface area contributed by atoms with Gasteiger partial charge in [-0.1, -0.05) is 17.7 Å². The van der Waals surface area contributed by atoms with Gasteiger partial charge in [0, 0.05) is 34.1 Å². The van der Waals surface area contributed by atoms with Gasteiger partial charge in [0.05, 0.1) is 21.7 Å². The summed E-state index contributed by atoms with van der Waals surface area (Å²) < 4.78 is 2.77. The summed E-state index contributed by atoms with van der Waals surface area (Å²) in [5.41, 5.74) is 5.51. The number of nitrogens with one attached hydrogen (secondary N) is 1. The minimum Gasteiger partial charge on any atom is -0.316 e. The molecule has 0 aliphatic carbocycles. The smallest absolute Gasteiger partial charge is 0.281 e. The topological polar surface area (TPSA) is 89.5 Å². The Morgan fingerprint density at radius 1 is 1.17 bits per heavy atom. The molecule has 0 aliphatic rings. The lowest BCUT2D eigenvalue weighted by molar-refractivity contribution is -0.384. The van der Waals surface area contributed by atoms with Gasteiger partial charge in [-0.15, -0.1) is 11.3 Å². The van der Waals surface area contributed by atoms with Crippen LogP contribution in [0.3, 0.4) is 0 Å². The SMILES string of the molecule is Cc1ccc(-n2cccc2/C=N\NC(=O)c2cc3cc([N+](=O)[O-])ccc3s2)cc1. The van der Waals surface area contributed by atoms with Crippen LogP contribution < -0.4 is 5.43 Å². The second-order valence-electron chi connectivity index (χ2n) is 6.43. The molecule has 0 bridgehead atoms. The van der Waals surface area contributed by atoms with Crippen molar-refractivity contribution in [3.63, 3.8) is 0 Å². The highest BCUT2D eigenvalue weighted by Gasteiger charge is 2.13. The molecular formula is C21H16N4O3S. The van der Waals surface area contributed by atoms with E-state index in [2.05, 4.69) is 10.5 Å². The lowest BCUT2D eigenvalue weighted by Crippen LogP contribution is -2.16. The third kappa shape index (κ3) is 3.92. The highest BCUT2D eigenvalue weighted by Crippen LogP contribution is 2.28. The van der Waals surface area contributed by atoms with Crippen LogP contribution in [-0.4, -0.2) is 21.6 Å². The predicted molar refractivity (Wildman–Crippen MR) is 114 cm³/mol. The van der Waals surface area contributed by atoms with Crippen LogP contribution in [0.4, 0.5) is 5.69 Å². The molecule has 0 saturated heterocycles. The zero-order valence-electron chi connectivity index (χ0n) is 15.4. The van der Waals surface area contributed by atoms with Gasteiger partial charge in [0.1, 0.15) is 0 Å². The van der Waals surface area contributed by atoms with Crippen LogP contribution in [0.25, 0.3) is 15.8 Å². The molecule has 0 radical (unpaired) electrons. The molecule has 4 rings (SSSR count). The highest BCUT2D eigenvalue weighted by atomic mass is 32.1. The van der Waals surface area contributed by atoms with Crippen molar-refractivity contribution in [3.8, 4) is 5.69 Å². The molecule has 144 valence electrons. The Morgan fingerprint density at radius 3 is 2.72 bits per heavy atom. The van der Waals surface area contributed by atoms with Gasteiger partial charge < -0.3 is 4.57 Å². The summed E-state index contributed by atoms with van der Waals surface area (Å²) in [5, 5.41) is 15.6. The number of rotatable bonds is 5. The van der Waals surface area contributed by atoms with E-state index in [1.165, 1.54) is 29.0 Å². The maximum atomic E-state index is 12.4. The van der Waals surface area contributed by atoms with Crippen LogP contribution in [0, 0.1) is 17.0 Å². The zero-order valence-corrected chi connectivity index (χ0v) is 16.2. The molecule has 29 heavy (non-hydrogen) atoms. The van der Waals surface area contributed by atoms with E-state index in [0.29, 0.717) is 10.3 Å². The molecule has 0 spiro atoms. The Bertz CT molecular complexity index is 1240. The summed E-state index contributed by atoms with van der Waals surface area (Å²) in [6.07, 6.45) is 3.50. The first-order chi connectivity index (χ1) is 14.0. The summed E-state index contributed by atoms with van der Waals surface area (Å²) in [6, 6.07) is 18.1. The van der Waals surface area contributed by atoms with Crippen LogP contribution in [0.1, 0.15) is 20.9 Å². The molecule has 0 saturated carbocycles. The monoisotopic (exact) mass is 404 g/mol. The Kier molecular flexibility index (Phi) is 4.92. The van der Waals surface area contributed by atoms with Crippen LogP contribution in [0.5, 0.6) is 0 Å². The number of nitro benzene ring substituents is 1. The Morgan fingerprint density at radius 2 is 1.97 bits per heavy atom. The van der Waals surface area contributed by atoms with Crippen molar-refractivity contribution in [2.45, 2.75) is 6.92 Å². The summed E-state index contributed by atoms with van der Waals surface area (Å²) in [5.74, 6) is -0.362. The first-order valence-electron chi connectivity index (χ1n) is 8.77. The van der Waals surface area contributed by atoms with Crippen molar-refractivity contribution >= 4 is 39.2 Å². The van der Waals surface area contributed by atoms with Gasteiger partial charge in [-0.05, 0) is 43.3 Å². The van der Waals surface area contributed by atoms with Crippen LogP contribution in [0.2, 0.25) is 0 Å². The molecule has 2 heterocycles. The second kappa shape index (κ2) is 7.69. The molecule has 7 nitrogen and oxygen atoms in total. The van der Waals surface area contributed by atoms with Gasteiger partial charge in [-0.3, -0.25) is 14.9 Å². The fourth-order valence-electron chi connectivity index (χ4n) is 2.91. The minimum absolute atomic E-state index is 0.00264. The lowest BCUT2D eigenvalue weighted by atomic mass is 10.2. The van der Waals surface area contributed by atoms with E-state index < -0.39 is 4.92 Å². The average molecular weight is 404 g/mol. The maximum Gasteiger partial charge on any atom is 0.281 e. The normalized spacial score (nSPS) is 11.2. The van der Waals surface area contributed by atoms with Gasteiger partial charge >= 0.3 is 0 Å². The number of hydrogen-bond donors (Lipinski definition) is 1. The molecule has 0 atom stereocenters. The lowest BCUT2D eigenvalue weighted by Gasteiger charge is -2.06. The van der Waals surface area contributed by atoms with Gasteiger partial charge in [0.25, 0.3) is 11.6 Å². The van der Waals surface area contributed by atoms with Gasteiger partial charge in [0.15, 0.2) is 0 Å². The van der Waals surface area contributed by atoms with Crippen molar-refractivity contribution in [1.82, 2.24) is 9.99 Å². The van der Waals surface area contributed by atoms with Gasteiger partial charge in [-0.2, -0.15) is 5.10 Å². The molecule has 0 aliphatic heterocycles. The number of hydrogen-bond acceptors (Lipinski definition) is 5. The molecule has 0 fully saturated rings. The molecule has 2 aromatic carbocycles. The molecule has 8 heteroatoms. The number of carbonyl (C=O) groups is 1. The number of nitrogens with zero attached hydrogens (tertiary/aromatic N) is 3. The largest absolute Gasteiger partial charge is 0.316 e. The summed E-state index contributed by atoms with van der Waals surface area (Å²) in [7, 11) is 0. The van der Waals surface area contributed by atoms with E-state index in [0.717, 1.165) is 16.1 Å². The third-order valence-corrected chi connectivity index (χ3v) is 5.50. The number of benzene rings is 2. The van der Waals surface area contributed by atoms with Gasteiger partial charge in [0.2, 0.25) is 0 Å². The molecular weight excluding hydrogens is 388 g/mol. The number of fused-ring (bicyclic) bond motifs is 1. The van der Waals surface area contributed by atoms with E-state index in [1.807, 2.05) is 54.1 Å². The number of non-ortho nitro benzene ring substituents is 1. The van der Waals surface area contributed by atoms with E-state index in [-0.39, 0.29) is 11.6 Å². The van der Waals surface area contributed by atoms with Crippen LogP contribution in [0.15, 0.2) is 72.0 Å². The summed E-state index contributed by atoms with van der Waals surface area (Å²) >= 11 is 1.26. The van der Waals surface area contributed by atoms with E-state index in [1.54, 1.807) is 18.3 Å². The van der Waals surface area contributed by atoms with Crippen LogP contribution >= 0.6 is 11.3 Å². The van der Waals surface area contributed by atoms with E-state index >= 15 is 0 Å². The standard InChI is InChI=1S/C21H16N4O3S/c1-14-4-6-16(7-5-14)24-10-2-3-18(24)13-22-23-21(26)20-12-15-11-17(25(27)28)8-9-19(15)29-20/h2-13H,1H3,(H,23,26)/b22-13-. The molecule has 1 N–H and O–H groups in total. The Hall–Kier alpha value is -3.78. The molecule has 2 aromatic heterocycles. The fraction of sp³-hybridized carbons (Fsp3) is 0.0476. The Balaban J connectivity index is 1.49. The van der Waals surface area contributed by atoms with Crippen molar-refractivity contribution < 1.29 is 9.72 Å². The van der Waals surface area contributed by atoms with Crippen molar-refractivity contribution in [2.75, 3.05) is 0 Å². The summed E-state index contributed by atoms with van der Waals surface area (Å²) in [4.78, 5) is 23.3. The molecule has 1 amide bonds. The second-order valence-corrected chi connectivity index (χ2v) is 7.51. The quantitative estimate of drug-likeness (QED) is 0.298. The number of carbonyl (C=O) groups excluding carboxylic acids is 1. The third-order valence-electron chi connectivity index (χ3n) is 4.39. The average Bonchev–Trinajstić information content (AvgIpc) is 3.34. The van der Waals surface area contributed by atoms with Crippen LogP contribution in [-0.2, 0) is 0 Å². The summed E-state index contributed by atoms with van der Waals surface area (Å²) in [6.45, 7) is 2.03. The van der Waals surface area contributed by atoms with E-state index in [9.17, 15) is 14.9 Å². The predicted octanol–water partition coefficient (Wildman–Crippen LogP) is 4.67. The number of hydrazone groups is 1. The number of aryl methyl sites for hydroxylation is 1. The number of amides is 1.